The molecule has 0 unspecified atom stereocenters. The summed E-state index contributed by atoms with van der Waals surface area (Å²) in [6, 6.07) is 31.6. The summed E-state index contributed by atoms with van der Waals surface area (Å²) in [6.07, 6.45) is 3.01. The molecular formula is C48H48IrN2O-2. The molecule has 4 aromatic carbocycles. The first-order valence-corrected chi connectivity index (χ1v) is 17.3. The number of benzene rings is 4. The normalized spacial score (nSPS) is 18.2. The van der Waals surface area contributed by atoms with Crippen molar-refractivity contribution in [2.75, 3.05) is 0 Å². The summed E-state index contributed by atoms with van der Waals surface area (Å²) >= 11 is 0. The van der Waals surface area contributed by atoms with Crippen molar-refractivity contribution in [2.24, 2.45) is 11.3 Å². The van der Waals surface area contributed by atoms with Crippen LogP contribution >= 0.6 is 0 Å². The Bertz CT molecular complexity index is 2780. The number of aryl methyl sites for hydroxylation is 3. The van der Waals surface area contributed by atoms with E-state index in [1.807, 2.05) is 51.1 Å². The fourth-order valence-electron chi connectivity index (χ4n) is 6.51. The van der Waals surface area contributed by atoms with E-state index >= 15 is 0 Å². The molecule has 3 nitrogen and oxygen atoms in total. The molecule has 1 aliphatic carbocycles. The summed E-state index contributed by atoms with van der Waals surface area (Å²) in [5.41, 5.74) is 4.23. The fraction of sp³-hybridized carbons (Fsp3) is 0.292. The molecule has 52 heavy (non-hydrogen) atoms. The third-order valence-corrected chi connectivity index (χ3v) is 8.91. The van der Waals surface area contributed by atoms with Crippen molar-refractivity contribution in [3.8, 4) is 33.6 Å². The number of fused-ring (bicyclic) bond motifs is 3. The van der Waals surface area contributed by atoms with Crippen LogP contribution in [0, 0.1) is 44.0 Å². The van der Waals surface area contributed by atoms with Gasteiger partial charge < -0.3 is 14.4 Å². The van der Waals surface area contributed by atoms with Crippen LogP contribution in [-0.4, -0.2) is 9.97 Å². The number of hydrogen-bond donors (Lipinski definition) is 0. The Morgan fingerprint density at radius 1 is 0.788 bits per heavy atom. The maximum atomic E-state index is 8.82. The van der Waals surface area contributed by atoms with E-state index in [2.05, 4.69) is 22.1 Å². The molecule has 0 saturated heterocycles. The van der Waals surface area contributed by atoms with Crippen LogP contribution in [0.3, 0.4) is 0 Å². The average Bonchev–Trinajstić information content (AvgIpc) is 3.92. The molecule has 0 bridgehead atoms. The van der Waals surface area contributed by atoms with E-state index in [1.54, 1.807) is 48.5 Å². The first-order valence-electron chi connectivity index (χ1n) is 23.8. The summed E-state index contributed by atoms with van der Waals surface area (Å²) in [5, 5.41) is 1.79. The van der Waals surface area contributed by atoms with Crippen molar-refractivity contribution < 1.29 is 42.3 Å². The summed E-state index contributed by atoms with van der Waals surface area (Å²) in [7, 11) is 0. The molecule has 0 N–H and O–H groups in total. The predicted molar refractivity (Wildman–Crippen MR) is 213 cm³/mol. The Morgan fingerprint density at radius 3 is 2.33 bits per heavy atom. The van der Waals surface area contributed by atoms with Crippen molar-refractivity contribution in [3.05, 3.63) is 143 Å². The maximum Gasteiger partial charge on any atom is 0.120 e. The van der Waals surface area contributed by atoms with Gasteiger partial charge in [-0.05, 0) is 88.6 Å². The Morgan fingerprint density at radius 2 is 1.60 bits per heavy atom. The van der Waals surface area contributed by atoms with Crippen LogP contribution in [0.15, 0.2) is 108 Å². The Kier molecular flexibility index (Phi) is 7.45. The average molecular weight is 874 g/mol. The van der Waals surface area contributed by atoms with Crippen molar-refractivity contribution in [3.63, 3.8) is 0 Å². The second-order valence-corrected chi connectivity index (χ2v) is 14.0. The SMILES string of the molecule is [2H]C([2H])([2H])c1c[c-]c(-c2ccc(C([2H])([2H])C(C)(C)C)cn2)cc1.[2H]C([2H])([2H])c1cnc(-c2[c-]ccc3c2oc2ccccc23)cc1-c1ccc(C([2H])([2H])C2CCCC2)cc1C([2H])([2H])[2H].[Ir]. The van der Waals surface area contributed by atoms with Gasteiger partial charge in [-0.3, -0.25) is 0 Å². The van der Waals surface area contributed by atoms with Crippen LogP contribution in [0.25, 0.3) is 55.6 Å². The molecule has 0 aliphatic heterocycles. The van der Waals surface area contributed by atoms with E-state index in [0.29, 0.717) is 44.8 Å². The zero-order valence-corrected chi connectivity index (χ0v) is 31.8. The van der Waals surface area contributed by atoms with E-state index in [4.69, 9.17) is 22.2 Å². The van der Waals surface area contributed by atoms with Crippen molar-refractivity contribution >= 4 is 21.9 Å². The summed E-state index contributed by atoms with van der Waals surface area (Å²) in [6.45, 7) is -1.78. The van der Waals surface area contributed by atoms with Crippen LogP contribution in [-0.2, 0) is 32.9 Å². The summed E-state index contributed by atoms with van der Waals surface area (Å²) in [5.74, 6) is -0.192. The van der Waals surface area contributed by atoms with Crippen LogP contribution < -0.4 is 0 Å². The van der Waals surface area contributed by atoms with Crippen LogP contribution in [0.4, 0.5) is 0 Å². The minimum atomic E-state index is -2.61. The quantitative estimate of drug-likeness (QED) is 0.156. The van der Waals surface area contributed by atoms with Gasteiger partial charge >= 0.3 is 0 Å². The van der Waals surface area contributed by atoms with E-state index in [1.165, 1.54) is 24.5 Å². The van der Waals surface area contributed by atoms with Gasteiger partial charge in [-0.1, -0.05) is 119 Å². The van der Waals surface area contributed by atoms with Gasteiger partial charge in [0.15, 0.2) is 0 Å². The number of pyridine rings is 2. The first kappa shape index (κ1) is 24.0. The molecule has 8 rings (SSSR count). The molecule has 3 aromatic heterocycles. The molecule has 267 valence electrons. The third kappa shape index (κ3) is 8.63. The summed E-state index contributed by atoms with van der Waals surface area (Å²) < 4.78 is 112. The first-order chi connectivity index (χ1) is 29.8. The number of aromatic nitrogens is 2. The van der Waals surface area contributed by atoms with Crippen molar-refractivity contribution in [1.82, 2.24) is 9.97 Å². The number of rotatable bonds is 6. The van der Waals surface area contributed by atoms with E-state index in [9.17, 15) is 0 Å². The topological polar surface area (TPSA) is 38.9 Å². The number of para-hydroxylation sites is 1. The van der Waals surface area contributed by atoms with Gasteiger partial charge in [0, 0.05) is 55.7 Å². The van der Waals surface area contributed by atoms with Gasteiger partial charge in [-0.2, -0.15) is 0 Å². The molecule has 1 saturated carbocycles. The molecule has 0 spiro atoms. The van der Waals surface area contributed by atoms with Gasteiger partial charge in [-0.15, -0.1) is 53.6 Å². The molecule has 3 heterocycles. The smallest absolute Gasteiger partial charge is 0.120 e. The predicted octanol–water partition coefficient (Wildman–Crippen LogP) is 12.9. The molecule has 4 heteroatoms. The molecule has 1 aliphatic rings. The second-order valence-electron chi connectivity index (χ2n) is 14.0. The Labute approximate surface area is 341 Å². The van der Waals surface area contributed by atoms with E-state index in [0.717, 1.165) is 36.5 Å². The molecule has 1 fully saturated rings. The van der Waals surface area contributed by atoms with E-state index < -0.39 is 38.7 Å². The fourth-order valence-corrected chi connectivity index (χ4v) is 6.51. The monoisotopic (exact) mass is 874 g/mol. The number of furan rings is 1. The molecule has 0 atom stereocenters. The van der Waals surface area contributed by atoms with Crippen LogP contribution in [0.2, 0.25) is 0 Å². The number of nitrogens with zero attached hydrogens (tertiary/aromatic N) is 2. The molecule has 1 radical (unpaired) electrons. The second kappa shape index (κ2) is 16.1. The summed E-state index contributed by atoms with van der Waals surface area (Å²) in [4.78, 5) is 8.78. The van der Waals surface area contributed by atoms with Gasteiger partial charge in [0.05, 0.1) is 5.58 Å². The van der Waals surface area contributed by atoms with E-state index in [-0.39, 0.29) is 53.8 Å². The maximum absolute atomic E-state index is 8.82. The van der Waals surface area contributed by atoms with Gasteiger partial charge in [0.25, 0.3) is 0 Å². The number of hydrogen-bond acceptors (Lipinski definition) is 3. The zero-order valence-electron chi connectivity index (χ0n) is 42.4. The van der Waals surface area contributed by atoms with Crippen LogP contribution in [0.1, 0.15) is 92.1 Å². The minimum Gasteiger partial charge on any atom is -0.501 e. The zero-order chi connectivity index (χ0) is 46.6. The molecular weight excluding hydrogens is 813 g/mol. The largest absolute Gasteiger partial charge is 0.501 e. The van der Waals surface area contributed by atoms with Crippen molar-refractivity contribution in [1.29, 1.82) is 0 Å². The van der Waals surface area contributed by atoms with Gasteiger partial charge in [0.2, 0.25) is 0 Å². The standard InChI is InChI=1S/C31H28NO.C17H20N.Ir/c1-20-16-23(17-22-8-3-4-9-22)14-15-24(20)28-18-29(32-19-21(28)2)27-12-7-11-26-25-10-5-6-13-30(25)33-31(26)27;1-13-5-8-15(9-6-13)16-10-7-14(12-18-16)11-17(2,3)4;/h5-7,10-11,13-16,18-19,22H,3-4,8-9,17H2,1-2H3;5-8,10,12H,11H2,1-4H3;/q2*-1;/i1D3,2D3,17D2;1D3,11D2;. The third-order valence-electron chi connectivity index (χ3n) is 8.91. The van der Waals surface area contributed by atoms with Crippen molar-refractivity contribution in [2.45, 2.75) is 79.8 Å². The van der Waals surface area contributed by atoms with Gasteiger partial charge in [-0.25, -0.2) is 0 Å². The minimum absolute atomic E-state index is 0. The Balaban J connectivity index is 0.000000249. The Hall–Kier alpha value is -4.37. The van der Waals surface area contributed by atoms with Crippen LogP contribution in [0.5, 0.6) is 0 Å². The molecule has 0 amide bonds. The van der Waals surface area contributed by atoms with Gasteiger partial charge in [0.1, 0.15) is 5.58 Å². The molecule has 7 aromatic rings.